The minimum Gasteiger partial charge on any atom is -0.324 e. The van der Waals surface area contributed by atoms with E-state index in [9.17, 15) is 0 Å². The number of hydrogen-bond donors (Lipinski definition) is 2. The molecular formula is C11H17N5. The normalized spacial score (nSPS) is 28.1. The summed E-state index contributed by atoms with van der Waals surface area (Å²) in [6.45, 7) is 0. The standard InChI is InChI=1S/C11H15N5.H2/c1-16-11(13-14-15-16)8-2-4-9-7(6-8)3-5-10(9)12;/h2,4,6,10-11H,3,5,12H2,1H3,(H,13,15);1H/t10-,11?;/m0./s1. The third-order valence-corrected chi connectivity index (χ3v) is 3.33. The van der Waals surface area contributed by atoms with Gasteiger partial charge in [-0.25, -0.2) is 5.53 Å². The van der Waals surface area contributed by atoms with Gasteiger partial charge in [-0.05, 0) is 29.5 Å². The molecule has 86 valence electrons. The predicted octanol–water partition coefficient (Wildman–Crippen LogP) is 1.69. The summed E-state index contributed by atoms with van der Waals surface area (Å²) in [6.07, 6.45) is 2.12. The number of hydrogen-bond acceptors (Lipinski definition) is 5. The molecule has 0 saturated heterocycles. The number of nitrogens with zero attached hydrogens (tertiary/aromatic N) is 3. The Morgan fingerprint density at radius 3 is 3.19 bits per heavy atom. The predicted molar refractivity (Wildman–Crippen MR) is 62.3 cm³/mol. The molecule has 0 radical (unpaired) electrons. The Kier molecular flexibility index (Phi) is 2.15. The Morgan fingerprint density at radius 2 is 2.44 bits per heavy atom. The lowest BCUT2D eigenvalue weighted by atomic mass is 10.0. The van der Waals surface area contributed by atoms with Crippen molar-refractivity contribution in [1.29, 1.82) is 0 Å². The van der Waals surface area contributed by atoms with Crippen LogP contribution in [0.1, 0.15) is 36.7 Å². The first kappa shape index (κ1) is 9.74. The van der Waals surface area contributed by atoms with Crippen molar-refractivity contribution in [2.75, 3.05) is 7.05 Å². The molecule has 0 saturated carbocycles. The summed E-state index contributed by atoms with van der Waals surface area (Å²) in [6, 6.07) is 6.64. The second kappa shape index (κ2) is 3.54. The lowest BCUT2D eigenvalue weighted by molar-refractivity contribution is 0.222. The van der Waals surface area contributed by atoms with Gasteiger partial charge in [0.15, 0.2) is 6.17 Å². The minimum atomic E-state index is -0.0119. The van der Waals surface area contributed by atoms with E-state index >= 15 is 0 Å². The van der Waals surface area contributed by atoms with Crippen molar-refractivity contribution >= 4 is 0 Å². The highest BCUT2D eigenvalue weighted by Gasteiger charge is 2.24. The zero-order valence-corrected chi connectivity index (χ0v) is 9.22. The summed E-state index contributed by atoms with van der Waals surface area (Å²) >= 11 is 0. The Bertz CT molecular complexity index is 447. The monoisotopic (exact) mass is 219 g/mol. The molecule has 0 bridgehead atoms. The van der Waals surface area contributed by atoms with Crippen molar-refractivity contribution in [3.63, 3.8) is 0 Å². The molecule has 1 aliphatic carbocycles. The van der Waals surface area contributed by atoms with Crippen molar-refractivity contribution in [3.8, 4) is 0 Å². The zero-order chi connectivity index (χ0) is 11.1. The average molecular weight is 219 g/mol. The summed E-state index contributed by atoms with van der Waals surface area (Å²) in [5, 5.41) is 9.83. The number of nitrogens with one attached hydrogen (secondary N) is 1. The SMILES string of the molecule is CN1NN=NC1c1ccc2c(c1)CC[C@@H]2N.[HH]. The quantitative estimate of drug-likeness (QED) is 0.755. The van der Waals surface area contributed by atoms with Gasteiger partial charge in [0.05, 0.1) is 0 Å². The maximum Gasteiger partial charge on any atom is 0.168 e. The maximum absolute atomic E-state index is 6.01. The van der Waals surface area contributed by atoms with Gasteiger partial charge in [-0.3, -0.25) is 0 Å². The summed E-state index contributed by atoms with van der Waals surface area (Å²) in [4.78, 5) is 0. The molecule has 3 rings (SSSR count). The Labute approximate surface area is 95.8 Å². The molecule has 2 atom stereocenters. The van der Waals surface area contributed by atoms with Crippen LogP contribution in [0.5, 0.6) is 0 Å². The number of hydrazine groups is 1. The van der Waals surface area contributed by atoms with Gasteiger partial charge in [0, 0.05) is 14.5 Å². The van der Waals surface area contributed by atoms with E-state index in [4.69, 9.17) is 5.73 Å². The van der Waals surface area contributed by atoms with Crippen LogP contribution in [-0.2, 0) is 6.42 Å². The number of rotatable bonds is 1. The lowest BCUT2D eigenvalue weighted by Crippen LogP contribution is -2.27. The fourth-order valence-electron chi connectivity index (χ4n) is 2.40. The van der Waals surface area contributed by atoms with Gasteiger partial charge in [0.2, 0.25) is 0 Å². The van der Waals surface area contributed by atoms with E-state index in [1.807, 2.05) is 12.1 Å². The second-order valence-corrected chi connectivity index (χ2v) is 4.40. The van der Waals surface area contributed by atoms with Gasteiger partial charge in [-0.2, -0.15) is 5.01 Å². The van der Waals surface area contributed by atoms with Gasteiger partial charge in [0.1, 0.15) is 0 Å². The van der Waals surface area contributed by atoms with Crippen LogP contribution in [0.3, 0.4) is 0 Å². The molecule has 5 nitrogen and oxygen atoms in total. The van der Waals surface area contributed by atoms with Crippen LogP contribution in [0.25, 0.3) is 0 Å². The topological polar surface area (TPSA) is 66.0 Å². The van der Waals surface area contributed by atoms with Crippen molar-refractivity contribution < 1.29 is 1.43 Å². The number of benzene rings is 1. The van der Waals surface area contributed by atoms with Crippen LogP contribution in [-0.4, -0.2) is 12.1 Å². The van der Waals surface area contributed by atoms with E-state index in [1.165, 1.54) is 16.7 Å². The molecule has 1 aromatic carbocycles. The van der Waals surface area contributed by atoms with Crippen LogP contribution in [0.2, 0.25) is 0 Å². The average Bonchev–Trinajstić information content (AvgIpc) is 2.86. The van der Waals surface area contributed by atoms with E-state index in [0.29, 0.717) is 0 Å². The summed E-state index contributed by atoms with van der Waals surface area (Å²) < 4.78 is 0. The third-order valence-electron chi connectivity index (χ3n) is 3.33. The fourth-order valence-corrected chi connectivity index (χ4v) is 2.40. The smallest absolute Gasteiger partial charge is 0.168 e. The molecule has 1 aliphatic heterocycles. The van der Waals surface area contributed by atoms with Crippen molar-refractivity contribution in [1.82, 2.24) is 10.5 Å². The number of aryl methyl sites for hydroxylation is 1. The first-order valence-electron chi connectivity index (χ1n) is 5.52. The minimum absolute atomic E-state index is 0. The molecule has 0 spiro atoms. The van der Waals surface area contributed by atoms with E-state index in [-0.39, 0.29) is 13.6 Å². The third kappa shape index (κ3) is 1.40. The van der Waals surface area contributed by atoms with Crippen LogP contribution < -0.4 is 11.3 Å². The highest BCUT2D eigenvalue weighted by molar-refractivity contribution is 5.38. The van der Waals surface area contributed by atoms with Crippen LogP contribution in [0, 0.1) is 0 Å². The maximum atomic E-state index is 6.01. The van der Waals surface area contributed by atoms with Gasteiger partial charge in [-0.1, -0.05) is 23.4 Å². The Hall–Kier alpha value is -1.46. The summed E-state index contributed by atoms with van der Waals surface area (Å²) in [7, 11) is 1.93. The van der Waals surface area contributed by atoms with Gasteiger partial charge in [0.25, 0.3) is 0 Å². The van der Waals surface area contributed by atoms with E-state index in [0.717, 1.165) is 12.8 Å². The zero-order valence-electron chi connectivity index (χ0n) is 9.22. The molecule has 1 heterocycles. The molecule has 1 aromatic rings. The van der Waals surface area contributed by atoms with Crippen molar-refractivity contribution in [2.24, 2.45) is 16.1 Å². The second-order valence-electron chi connectivity index (χ2n) is 4.40. The number of nitrogens with two attached hydrogens (primary N) is 1. The van der Waals surface area contributed by atoms with Crippen LogP contribution >= 0.6 is 0 Å². The first-order chi connectivity index (χ1) is 7.75. The molecule has 3 N–H and O–H groups in total. The molecular weight excluding hydrogens is 202 g/mol. The van der Waals surface area contributed by atoms with Gasteiger partial charge < -0.3 is 5.73 Å². The van der Waals surface area contributed by atoms with Gasteiger partial charge in [-0.15, -0.1) is 5.11 Å². The Balaban J connectivity index is 0.00000108. The molecule has 0 amide bonds. The van der Waals surface area contributed by atoms with Crippen LogP contribution in [0.4, 0.5) is 0 Å². The van der Waals surface area contributed by atoms with E-state index in [1.54, 1.807) is 0 Å². The van der Waals surface area contributed by atoms with E-state index < -0.39 is 0 Å². The van der Waals surface area contributed by atoms with Gasteiger partial charge >= 0.3 is 0 Å². The number of fused-ring (bicyclic) bond motifs is 1. The fraction of sp³-hybridized carbons (Fsp3) is 0.455. The first-order valence-corrected chi connectivity index (χ1v) is 5.52. The van der Waals surface area contributed by atoms with Crippen LogP contribution in [0.15, 0.2) is 28.5 Å². The lowest BCUT2D eigenvalue weighted by Gasteiger charge is -2.16. The highest BCUT2D eigenvalue weighted by Crippen LogP contribution is 2.33. The molecule has 1 unspecified atom stereocenters. The Morgan fingerprint density at radius 1 is 1.56 bits per heavy atom. The van der Waals surface area contributed by atoms with Crippen molar-refractivity contribution in [2.45, 2.75) is 25.0 Å². The molecule has 0 fully saturated rings. The highest BCUT2D eigenvalue weighted by atomic mass is 15.8. The molecule has 0 aromatic heterocycles. The summed E-state index contributed by atoms with van der Waals surface area (Å²) in [5.74, 6) is 0. The largest absolute Gasteiger partial charge is 0.324 e. The molecule has 16 heavy (non-hydrogen) atoms. The van der Waals surface area contributed by atoms with E-state index in [2.05, 4.69) is 34.1 Å². The summed E-state index contributed by atoms with van der Waals surface area (Å²) in [5.41, 5.74) is 12.6. The van der Waals surface area contributed by atoms with Crippen molar-refractivity contribution in [3.05, 3.63) is 34.9 Å². The molecule has 2 aliphatic rings. The molecule has 5 heteroatoms.